The number of ether oxygens (including phenoxy) is 1. The highest BCUT2D eigenvalue weighted by Gasteiger charge is 2.00. The first kappa shape index (κ1) is 9.99. The number of aromatic nitrogens is 1. The first-order valence-corrected chi connectivity index (χ1v) is 4.83. The van der Waals surface area contributed by atoms with Gasteiger partial charge in [-0.25, -0.2) is 0 Å². The number of nitrogens with zero attached hydrogens (tertiary/aromatic N) is 1. The summed E-state index contributed by atoms with van der Waals surface area (Å²) in [4.78, 5) is 3.97. The third kappa shape index (κ3) is 2.48. The van der Waals surface area contributed by atoms with Crippen molar-refractivity contribution in [2.24, 2.45) is 0 Å². The molecule has 2 nitrogen and oxygen atoms in total. The van der Waals surface area contributed by atoms with Gasteiger partial charge in [-0.15, -0.1) is 0 Å². The van der Waals surface area contributed by atoms with Gasteiger partial charge in [0.1, 0.15) is 11.5 Å². The fourth-order valence-corrected chi connectivity index (χ4v) is 1.26. The van der Waals surface area contributed by atoms with E-state index in [-0.39, 0.29) is 0 Å². The molecular formula is C12H9ClNO. The Morgan fingerprint density at radius 3 is 2.53 bits per heavy atom. The summed E-state index contributed by atoms with van der Waals surface area (Å²) in [5, 5.41) is 0.684. The third-order valence-corrected chi connectivity index (χ3v) is 2.16. The lowest BCUT2D eigenvalue weighted by Crippen LogP contribution is -1.87. The van der Waals surface area contributed by atoms with Gasteiger partial charge in [-0.1, -0.05) is 11.6 Å². The topological polar surface area (TPSA) is 22.1 Å². The molecule has 0 saturated heterocycles. The van der Waals surface area contributed by atoms with Crippen LogP contribution in [0.3, 0.4) is 0 Å². The van der Waals surface area contributed by atoms with Gasteiger partial charge in [0.15, 0.2) is 0 Å². The summed E-state index contributed by atoms with van der Waals surface area (Å²) in [6, 6.07) is 8.95. The van der Waals surface area contributed by atoms with Crippen LogP contribution in [-0.4, -0.2) is 4.98 Å². The summed E-state index contributed by atoms with van der Waals surface area (Å²) >= 11 is 5.77. The fourth-order valence-electron chi connectivity index (χ4n) is 1.13. The van der Waals surface area contributed by atoms with Crippen LogP contribution in [0.15, 0.2) is 42.7 Å². The fraction of sp³-hybridized carbons (Fsp3) is 0. The van der Waals surface area contributed by atoms with Crippen LogP contribution in [0.25, 0.3) is 0 Å². The van der Waals surface area contributed by atoms with E-state index in [0.29, 0.717) is 10.8 Å². The normalized spacial score (nSPS) is 10.0. The van der Waals surface area contributed by atoms with Gasteiger partial charge >= 0.3 is 0 Å². The molecule has 0 fully saturated rings. The standard InChI is InChI=1S/C12H9ClNO/c1-9-6-7-14-8-12(9)15-11-4-2-10(13)3-5-11/h2-8H,1H2. The van der Waals surface area contributed by atoms with Gasteiger partial charge in [0.05, 0.1) is 6.20 Å². The minimum atomic E-state index is 0.653. The first-order chi connectivity index (χ1) is 7.25. The van der Waals surface area contributed by atoms with Gasteiger partial charge in [0.2, 0.25) is 0 Å². The molecule has 2 rings (SSSR count). The number of halogens is 1. The van der Waals surface area contributed by atoms with E-state index >= 15 is 0 Å². The molecule has 1 heterocycles. The molecule has 15 heavy (non-hydrogen) atoms. The Morgan fingerprint density at radius 1 is 1.13 bits per heavy atom. The molecule has 0 bridgehead atoms. The molecule has 3 heteroatoms. The summed E-state index contributed by atoms with van der Waals surface area (Å²) in [6.45, 7) is 3.84. The van der Waals surface area contributed by atoms with Crippen molar-refractivity contribution in [2.45, 2.75) is 0 Å². The Bertz CT molecular complexity index is 453. The van der Waals surface area contributed by atoms with Crippen LogP contribution in [0.2, 0.25) is 5.02 Å². The summed E-state index contributed by atoms with van der Waals surface area (Å²) in [6.07, 6.45) is 3.31. The van der Waals surface area contributed by atoms with Crippen LogP contribution in [0.1, 0.15) is 5.56 Å². The SMILES string of the molecule is [CH2]c1ccncc1Oc1ccc(Cl)cc1. The van der Waals surface area contributed by atoms with Crippen molar-refractivity contribution in [3.05, 3.63) is 60.2 Å². The lowest BCUT2D eigenvalue weighted by atomic mass is 10.3. The van der Waals surface area contributed by atoms with Gasteiger partial charge in [-0.3, -0.25) is 4.98 Å². The van der Waals surface area contributed by atoms with E-state index < -0.39 is 0 Å². The van der Waals surface area contributed by atoms with Crippen LogP contribution in [-0.2, 0) is 0 Å². The van der Waals surface area contributed by atoms with Crippen molar-refractivity contribution in [3.8, 4) is 11.5 Å². The zero-order chi connectivity index (χ0) is 10.7. The maximum Gasteiger partial charge on any atom is 0.148 e. The maximum absolute atomic E-state index is 5.77. The molecule has 0 spiro atoms. The predicted molar refractivity (Wildman–Crippen MR) is 60.2 cm³/mol. The monoisotopic (exact) mass is 218 g/mol. The summed E-state index contributed by atoms with van der Waals surface area (Å²) < 4.78 is 5.58. The van der Waals surface area contributed by atoms with E-state index in [1.165, 1.54) is 0 Å². The minimum absolute atomic E-state index is 0.653. The molecule has 0 saturated carbocycles. The van der Waals surface area contributed by atoms with Gasteiger partial charge in [0.25, 0.3) is 0 Å². The number of benzene rings is 1. The number of hydrogen-bond donors (Lipinski definition) is 0. The zero-order valence-corrected chi connectivity index (χ0v) is 8.74. The Morgan fingerprint density at radius 2 is 1.87 bits per heavy atom. The lowest BCUT2D eigenvalue weighted by Gasteiger charge is -2.07. The van der Waals surface area contributed by atoms with Gasteiger partial charge < -0.3 is 4.74 Å². The quantitative estimate of drug-likeness (QED) is 0.767. The molecule has 1 aromatic heterocycles. The average Bonchev–Trinajstić information content (AvgIpc) is 2.25. The molecular weight excluding hydrogens is 210 g/mol. The highest BCUT2D eigenvalue weighted by atomic mass is 35.5. The molecule has 1 aromatic carbocycles. The van der Waals surface area contributed by atoms with Crippen molar-refractivity contribution < 1.29 is 4.74 Å². The van der Waals surface area contributed by atoms with Gasteiger partial charge in [0, 0.05) is 11.2 Å². The highest BCUT2D eigenvalue weighted by molar-refractivity contribution is 6.30. The molecule has 2 aromatic rings. The Balaban J connectivity index is 2.22. The summed E-state index contributed by atoms with van der Waals surface area (Å²) in [5.41, 5.74) is 0.806. The van der Waals surface area contributed by atoms with Crippen LogP contribution >= 0.6 is 11.6 Å². The van der Waals surface area contributed by atoms with Crippen molar-refractivity contribution in [3.63, 3.8) is 0 Å². The van der Waals surface area contributed by atoms with Crippen LogP contribution in [0.4, 0.5) is 0 Å². The predicted octanol–water partition coefficient (Wildman–Crippen LogP) is 3.71. The molecule has 0 amide bonds. The largest absolute Gasteiger partial charge is 0.455 e. The molecule has 0 atom stereocenters. The van der Waals surface area contributed by atoms with Crippen molar-refractivity contribution >= 4 is 11.6 Å². The van der Waals surface area contributed by atoms with Gasteiger partial charge in [-0.05, 0) is 42.8 Å². The van der Waals surface area contributed by atoms with E-state index in [4.69, 9.17) is 16.3 Å². The Labute approximate surface area is 93.5 Å². The van der Waals surface area contributed by atoms with Crippen LogP contribution in [0.5, 0.6) is 11.5 Å². The number of pyridine rings is 1. The second kappa shape index (κ2) is 4.32. The third-order valence-electron chi connectivity index (χ3n) is 1.91. The molecule has 0 aliphatic carbocycles. The van der Waals surface area contributed by atoms with Crippen molar-refractivity contribution in [2.75, 3.05) is 0 Å². The number of hydrogen-bond acceptors (Lipinski definition) is 2. The molecule has 0 aliphatic heterocycles. The smallest absolute Gasteiger partial charge is 0.148 e. The summed E-state index contributed by atoms with van der Waals surface area (Å²) in [5.74, 6) is 1.37. The van der Waals surface area contributed by atoms with E-state index in [2.05, 4.69) is 11.9 Å². The first-order valence-electron chi connectivity index (χ1n) is 4.45. The van der Waals surface area contributed by atoms with E-state index in [1.54, 1.807) is 42.7 Å². The Kier molecular flexibility index (Phi) is 2.88. The average molecular weight is 219 g/mol. The van der Waals surface area contributed by atoms with Crippen molar-refractivity contribution in [1.29, 1.82) is 0 Å². The summed E-state index contributed by atoms with van der Waals surface area (Å²) in [7, 11) is 0. The van der Waals surface area contributed by atoms with Gasteiger partial charge in [-0.2, -0.15) is 0 Å². The molecule has 0 unspecified atom stereocenters. The maximum atomic E-state index is 5.77. The second-order valence-electron chi connectivity index (χ2n) is 3.04. The molecule has 0 aliphatic rings. The van der Waals surface area contributed by atoms with E-state index in [0.717, 1.165) is 11.3 Å². The Hall–Kier alpha value is -1.54. The molecule has 75 valence electrons. The molecule has 0 N–H and O–H groups in total. The van der Waals surface area contributed by atoms with Crippen LogP contribution < -0.4 is 4.74 Å². The van der Waals surface area contributed by atoms with Crippen molar-refractivity contribution in [1.82, 2.24) is 4.98 Å². The van der Waals surface area contributed by atoms with Crippen LogP contribution in [0, 0.1) is 6.92 Å². The molecule has 1 radical (unpaired) electrons. The second-order valence-corrected chi connectivity index (χ2v) is 3.48. The zero-order valence-electron chi connectivity index (χ0n) is 7.98. The highest BCUT2D eigenvalue weighted by Crippen LogP contribution is 2.24. The lowest BCUT2D eigenvalue weighted by molar-refractivity contribution is 0.478. The van der Waals surface area contributed by atoms with E-state index in [9.17, 15) is 0 Å². The number of rotatable bonds is 2. The minimum Gasteiger partial charge on any atom is -0.455 e. The van der Waals surface area contributed by atoms with E-state index in [1.807, 2.05) is 0 Å².